The molecule has 0 aromatic carbocycles. The number of carboxylic acid groups (broad SMARTS) is 1. The maximum Gasteiger partial charge on any atom is 0.334 e. The number of quaternary nitrogens is 1. The molecule has 0 heterocycles. The molecule has 24 heavy (non-hydrogen) atoms. The van der Waals surface area contributed by atoms with Gasteiger partial charge in [-0.15, -0.1) is 0 Å². The van der Waals surface area contributed by atoms with E-state index in [9.17, 15) is 14.7 Å². The summed E-state index contributed by atoms with van der Waals surface area (Å²) in [4.78, 5) is 22.5. The van der Waals surface area contributed by atoms with Crippen LogP contribution in [0, 0.1) is 0 Å². The van der Waals surface area contributed by atoms with E-state index in [1.807, 2.05) is 27.2 Å². The van der Waals surface area contributed by atoms with E-state index in [-0.39, 0.29) is 12.8 Å². The number of nitrogens with zero attached hydrogens (tertiary/aromatic N) is 1. The zero-order valence-electron chi connectivity index (χ0n) is 15.9. The summed E-state index contributed by atoms with van der Waals surface area (Å²) in [6.07, 6.45) is 12.5. The van der Waals surface area contributed by atoms with Crippen molar-refractivity contribution in [2.75, 3.05) is 21.1 Å². The average molecular weight is 341 g/mol. The molecule has 0 fully saturated rings. The highest BCUT2D eigenvalue weighted by atomic mass is 16.6. The minimum Gasteiger partial charge on any atom is -0.550 e. The lowest BCUT2D eigenvalue weighted by Gasteiger charge is -2.33. The fraction of sp³-hybridized carbons (Fsp3) is 0.789. The highest BCUT2D eigenvalue weighted by Gasteiger charge is 2.26. The normalized spacial score (nSPS) is 13.2. The van der Waals surface area contributed by atoms with Crippen molar-refractivity contribution >= 4 is 11.9 Å². The van der Waals surface area contributed by atoms with Crippen molar-refractivity contribution in [2.24, 2.45) is 0 Å². The molecule has 5 heteroatoms. The Bertz CT molecular complexity index is 385. The summed E-state index contributed by atoms with van der Waals surface area (Å²) in [5.74, 6) is -1.53. The predicted octanol–water partition coefficient (Wildman–Crippen LogP) is 2.79. The van der Waals surface area contributed by atoms with Crippen LogP contribution < -0.4 is 5.11 Å². The van der Waals surface area contributed by atoms with Gasteiger partial charge in [-0.3, -0.25) is 4.48 Å². The highest BCUT2D eigenvalue weighted by molar-refractivity contribution is 5.81. The number of unbranched alkanes of at least 4 members (excludes halogenated alkanes) is 7. The minimum atomic E-state index is -1.13. The van der Waals surface area contributed by atoms with E-state index in [0.717, 1.165) is 12.8 Å². The van der Waals surface area contributed by atoms with Gasteiger partial charge in [-0.25, -0.2) is 4.79 Å². The zero-order valence-corrected chi connectivity index (χ0v) is 15.9. The molecular weight excluding hydrogens is 306 g/mol. The lowest BCUT2D eigenvalue weighted by molar-refractivity contribution is -0.917. The third-order valence-corrected chi connectivity index (χ3v) is 3.94. The number of carbonyl (C=O) groups excluding carboxylic acids is 2. The molecule has 0 N–H and O–H groups in total. The molecule has 0 aliphatic carbocycles. The Morgan fingerprint density at radius 2 is 1.62 bits per heavy atom. The van der Waals surface area contributed by atoms with Crippen molar-refractivity contribution in [1.82, 2.24) is 0 Å². The van der Waals surface area contributed by atoms with Crippen molar-refractivity contribution in [3.8, 4) is 0 Å². The molecule has 0 amide bonds. The van der Waals surface area contributed by atoms with Gasteiger partial charge < -0.3 is 14.6 Å². The van der Waals surface area contributed by atoms with Gasteiger partial charge in [-0.05, 0) is 19.3 Å². The first-order valence-electron chi connectivity index (χ1n) is 9.15. The monoisotopic (exact) mass is 341 g/mol. The lowest BCUT2D eigenvalue weighted by Crippen LogP contribution is -2.48. The number of carboxylic acids is 1. The number of hydrogen-bond acceptors (Lipinski definition) is 4. The average Bonchev–Trinajstić information content (AvgIpc) is 2.48. The maximum absolute atomic E-state index is 11.9. The van der Waals surface area contributed by atoms with Crippen molar-refractivity contribution in [3.05, 3.63) is 12.2 Å². The second-order valence-corrected chi connectivity index (χ2v) is 7.23. The van der Waals surface area contributed by atoms with Crippen LogP contribution in [0.4, 0.5) is 0 Å². The Morgan fingerprint density at radius 1 is 1.04 bits per heavy atom. The molecule has 0 aliphatic heterocycles. The first kappa shape index (κ1) is 22.6. The second-order valence-electron chi connectivity index (χ2n) is 7.23. The summed E-state index contributed by atoms with van der Waals surface area (Å²) in [6, 6.07) is 0. The van der Waals surface area contributed by atoms with E-state index >= 15 is 0 Å². The van der Waals surface area contributed by atoms with E-state index in [0.29, 0.717) is 4.48 Å². The van der Waals surface area contributed by atoms with E-state index in [1.54, 1.807) is 0 Å². The molecule has 0 unspecified atom stereocenters. The van der Waals surface area contributed by atoms with Crippen LogP contribution in [0.15, 0.2) is 12.2 Å². The summed E-state index contributed by atoms with van der Waals surface area (Å²) in [5, 5.41) is 10.6. The molecule has 0 saturated carbocycles. The summed E-state index contributed by atoms with van der Waals surface area (Å²) in [5.41, 5.74) is 0. The number of rotatable bonds is 14. The van der Waals surface area contributed by atoms with Gasteiger partial charge in [0.25, 0.3) is 0 Å². The van der Waals surface area contributed by atoms with Gasteiger partial charge in [0.1, 0.15) is 0 Å². The van der Waals surface area contributed by atoms with Gasteiger partial charge >= 0.3 is 5.97 Å². The fourth-order valence-electron chi connectivity index (χ4n) is 2.42. The molecule has 0 aliphatic rings. The molecule has 0 radical (unpaired) electrons. The molecule has 0 bridgehead atoms. The first-order chi connectivity index (χ1) is 11.3. The van der Waals surface area contributed by atoms with Crippen molar-refractivity contribution in [3.63, 3.8) is 0 Å². The standard InChI is InChI=1S/C19H35NO4/c1-5-6-7-8-9-10-11-12-13-14-19(23)24-17(20(2,3)4)15-16-18(21)22/h13-14,17H,5-12,15-16H2,1-4H3/b14-13+/t17-/m0/s1. The number of allylic oxidation sites excluding steroid dienone is 1. The topological polar surface area (TPSA) is 66.4 Å². The van der Waals surface area contributed by atoms with E-state index in [4.69, 9.17) is 4.74 Å². The van der Waals surface area contributed by atoms with E-state index in [1.165, 1.54) is 44.6 Å². The SMILES string of the molecule is CCCCCCCCC/C=C/C(=O)O[C@@H](CCC(=O)[O-])[N+](C)(C)C. The zero-order chi connectivity index (χ0) is 18.4. The van der Waals surface area contributed by atoms with Crippen LogP contribution in [-0.2, 0) is 14.3 Å². The van der Waals surface area contributed by atoms with Crippen molar-refractivity contribution in [2.45, 2.75) is 77.4 Å². The Morgan fingerprint density at radius 3 is 2.17 bits per heavy atom. The summed E-state index contributed by atoms with van der Waals surface area (Å²) in [7, 11) is 5.61. The largest absolute Gasteiger partial charge is 0.550 e. The molecule has 5 nitrogen and oxygen atoms in total. The van der Waals surface area contributed by atoms with Crippen LogP contribution in [0.25, 0.3) is 0 Å². The van der Waals surface area contributed by atoms with Gasteiger partial charge in [0.05, 0.1) is 21.1 Å². The smallest absolute Gasteiger partial charge is 0.334 e. The summed E-state index contributed by atoms with van der Waals surface area (Å²) in [6.45, 7) is 2.21. The molecule has 1 atom stereocenters. The van der Waals surface area contributed by atoms with Gasteiger partial charge in [0, 0.05) is 18.5 Å². The van der Waals surface area contributed by atoms with Gasteiger partial charge in [-0.1, -0.05) is 51.5 Å². The highest BCUT2D eigenvalue weighted by Crippen LogP contribution is 2.13. The lowest BCUT2D eigenvalue weighted by atomic mass is 10.1. The first-order valence-corrected chi connectivity index (χ1v) is 9.15. The molecule has 0 rings (SSSR count). The molecule has 0 aromatic rings. The van der Waals surface area contributed by atoms with Crippen LogP contribution in [0.3, 0.4) is 0 Å². The number of ether oxygens (including phenoxy) is 1. The van der Waals surface area contributed by atoms with Crippen molar-refractivity contribution in [1.29, 1.82) is 0 Å². The third kappa shape index (κ3) is 13.1. The van der Waals surface area contributed by atoms with Crippen LogP contribution in [0.5, 0.6) is 0 Å². The number of hydrogen-bond donors (Lipinski definition) is 0. The number of esters is 1. The minimum absolute atomic E-state index is 0.116. The summed E-state index contributed by atoms with van der Waals surface area (Å²) < 4.78 is 5.76. The maximum atomic E-state index is 11.9. The molecule has 0 aromatic heterocycles. The van der Waals surface area contributed by atoms with Gasteiger partial charge in [0.2, 0.25) is 6.23 Å². The van der Waals surface area contributed by atoms with Crippen LogP contribution in [-0.4, -0.2) is 43.8 Å². The Balaban J connectivity index is 4.00. The van der Waals surface area contributed by atoms with Crippen LogP contribution >= 0.6 is 0 Å². The molecule has 0 saturated heterocycles. The Hall–Kier alpha value is -1.36. The van der Waals surface area contributed by atoms with Crippen molar-refractivity contribution < 1.29 is 23.9 Å². The van der Waals surface area contributed by atoms with Gasteiger partial charge in [0.15, 0.2) is 0 Å². The van der Waals surface area contributed by atoms with Gasteiger partial charge in [-0.2, -0.15) is 0 Å². The fourth-order valence-corrected chi connectivity index (χ4v) is 2.42. The second kappa shape index (κ2) is 13.0. The Kier molecular flexibility index (Phi) is 12.3. The third-order valence-electron chi connectivity index (χ3n) is 3.94. The quantitative estimate of drug-likeness (QED) is 0.160. The number of carbonyl (C=O) groups is 2. The van der Waals surface area contributed by atoms with E-state index in [2.05, 4.69) is 6.92 Å². The predicted molar refractivity (Wildman–Crippen MR) is 93.9 cm³/mol. The Labute approximate surface area is 147 Å². The van der Waals surface area contributed by atoms with Crippen LogP contribution in [0.1, 0.15) is 71.1 Å². The molecular formula is C19H35NO4. The molecule has 140 valence electrons. The van der Waals surface area contributed by atoms with E-state index < -0.39 is 18.2 Å². The summed E-state index contributed by atoms with van der Waals surface area (Å²) >= 11 is 0. The molecule has 0 spiro atoms. The number of aliphatic carboxylic acids is 1. The van der Waals surface area contributed by atoms with Crippen LogP contribution in [0.2, 0.25) is 0 Å².